The van der Waals surface area contributed by atoms with Crippen LogP contribution in [0.3, 0.4) is 0 Å². The molecule has 100 valence electrons. The molecule has 0 spiro atoms. The molecule has 1 aromatic heterocycles. The molecule has 1 saturated carbocycles. The molecule has 1 heterocycles. The molecule has 4 nitrogen and oxygen atoms in total. The van der Waals surface area contributed by atoms with Gasteiger partial charge >= 0.3 is 0 Å². The Morgan fingerprint density at radius 3 is 2.83 bits per heavy atom. The summed E-state index contributed by atoms with van der Waals surface area (Å²) in [6.45, 7) is 7.89. The van der Waals surface area contributed by atoms with Crippen molar-refractivity contribution in [2.24, 2.45) is 5.92 Å². The van der Waals surface area contributed by atoms with E-state index in [1.54, 1.807) is 11.3 Å². The number of nitrogens with one attached hydrogen (secondary N) is 1. The SMILES string of the molecule is CCN(CC)Cc1csc(CNC(=O)C2CC2)n1. The summed E-state index contributed by atoms with van der Waals surface area (Å²) < 4.78 is 0. The highest BCUT2D eigenvalue weighted by Crippen LogP contribution is 2.28. The van der Waals surface area contributed by atoms with Gasteiger partial charge in [-0.05, 0) is 25.9 Å². The van der Waals surface area contributed by atoms with E-state index in [-0.39, 0.29) is 11.8 Å². The molecule has 2 rings (SSSR count). The average Bonchev–Trinajstić information content (AvgIpc) is 3.14. The number of amides is 1. The molecule has 18 heavy (non-hydrogen) atoms. The molecule has 0 radical (unpaired) electrons. The standard InChI is InChI=1S/C13H21N3OS/c1-3-16(4-2)8-11-9-18-12(15-11)7-14-13(17)10-5-6-10/h9-10H,3-8H2,1-2H3,(H,14,17). The van der Waals surface area contributed by atoms with Crippen molar-refractivity contribution in [1.82, 2.24) is 15.2 Å². The minimum Gasteiger partial charge on any atom is -0.349 e. The molecule has 1 fully saturated rings. The predicted octanol–water partition coefficient (Wildman–Crippen LogP) is 2.01. The van der Waals surface area contributed by atoms with Gasteiger partial charge in [-0.15, -0.1) is 11.3 Å². The van der Waals surface area contributed by atoms with Gasteiger partial charge < -0.3 is 5.32 Å². The van der Waals surface area contributed by atoms with Crippen LogP contribution in [0.4, 0.5) is 0 Å². The van der Waals surface area contributed by atoms with Crippen LogP contribution in [0.25, 0.3) is 0 Å². The maximum atomic E-state index is 11.5. The summed E-state index contributed by atoms with van der Waals surface area (Å²) in [5, 5.41) is 6.05. The van der Waals surface area contributed by atoms with Gasteiger partial charge in [-0.3, -0.25) is 9.69 Å². The van der Waals surface area contributed by atoms with Gasteiger partial charge in [-0.2, -0.15) is 0 Å². The molecule has 1 aliphatic carbocycles. The molecule has 0 bridgehead atoms. The summed E-state index contributed by atoms with van der Waals surface area (Å²) in [6, 6.07) is 0. The fraction of sp³-hybridized carbons (Fsp3) is 0.692. The zero-order chi connectivity index (χ0) is 13.0. The molecule has 1 aliphatic rings. The number of rotatable bonds is 7. The minimum atomic E-state index is 0.190. The molecule has 1 N–H and O–H groups in total. The van der Waals surface area contributed by atoms with Gasteiger partial charge in [0.1, 0.15) is 5.01 Å². The maximum absolute atomic E-state index is 11.5. The molecule has 1 amide bonds. The van der Waals surface area contributed by atoms with Crippen LogP contribution < -0.4 is 5.32 Å². The lowest BCUT2D eigenvalue weighted by Crippen LogP contribution is -2.24. The largest absolute Gasteiger partial charge is 0.349 e. The number of thiazole rings is 1. The number of carbonyl (C=O) groups is 1. The Balaban J connectivity index is 1.79. The van der Waals surface area contributed by atoms with Gasteiger partial charge in [0.05, 0.1) is 12.2 Å². The monoisotopic (exact) mass is 267 g/mol. The lowest BCUT2D eigenvalue weighted by molar-refractivity contribution is -0.122. The van der Waals surface area contributed by atoms with E-state index in [0.29, 0.717) is 6.54 Å². The lowest BCUT2D eigenvalue weighted by atomic mass is 10.4. The third-order valence-electron chi connectivity index (χ3n) is 3.24. The average molecular weight is 267 g/mol. The van der Waals surface area contributed by atoms with Gasteiger partial charge in [0, 0.05) is 17.8 Å². The first-order valence-electron chi connectivity index (χ1n) is 6.66. The molecule has 0 atom stereocenters. The van der Waals surface area contributed by atoms with E-state index in [9.17, 15) is 4.79 Å². The highest BCUT2D eigenvalue weighted by atomic mass is 32.1. The van der Waals surface area contributed by atoms with E-state index in [1.807, 2.05) is 0 Å². The van der Waals surface area contributed by atoms with Gasteiger partial charge in [0.25, 0.3) is 0 Å². The molecule has 0 aromatic carbocycles. The summed E-state index contributed by atoms with van der Waals surface area (Å²) in [7, 11) is 0. The summed E-state index contributed by atoms with van der Waals surface area (Å²) in [6.07, 6.45) is 2.10. The summed E-state index contributed by atoms with van der Waals surface area (Å²) in [5.74, 6) is 0.468. The number of nitrogens with zero attached hydrogens (tertiary/aromatic N) is 2. The number of aromatic nitrogens is 1. The van der Waals surface area contributed by atoms with E-state index in [4.69, 9.17) is 0 Å². The van der Waals surface area contributed by atoms with Crippen LogP contribution >= 0.6 is 11.3 Å². The number of hydrogen-bond donors (Lipinski definition) is 1. The Bertz CT molecular complexity index is 397. The highest BCUT2D eigenvalue weighted by Gasteiger charge is 2.29. The zero-order valence-electron chi connectivity index (χ0n) is 11.1. The number of carbonyl (C=O) groups excluding carboxylic acids is 1. The fourth-order valence-corrected chi connectivity index (χ4v) is 2.56. The van der Waals surface area contributed by atoms with E-state index < -0.39 is 0 Å². The Hall–Kier alpha value is -0.940. The normalized spacial score (nSPS) is 15.1. The molecule has 0 aliphatic heterocycles. The first-order chi connectivity index (χ1) is 8.72. The fourth-order valence-electron chi connectivity index (χ4n) is 1.83. The smallest absolute Gasteiger partial charge is 0.223 e. The molecular formula is C13H21N3OS. The van der Waals surface area contributed by atoms with Crippen LogP contribution in [0.2, 0.25) is 0 Å². The summed E-state index contributed by atoms with van der Waals surface area (Å²) >= 11 is 1.63. The van der Waals surface area contributed by atoms with Crippen molar-refractivity contribution in [2.45, 2.75) is 39.8 Å². The third kappa shape index (κ3) is 3.78. The van der Waals surface area contributed by atoms with E-state index in [2.05, 4.69) is 34.4 Å². The van der Waals surface area contributed by atoms with Crippen LogP contribution in [0.15, 0.2) is 5.38 Å². The lowest BCUT2D eigenvalue weighted by Gasteiger charge is -2.15. The Labute approximate surface area is 112 Å². The van der Waals surface area contributed by atoms with Gasteiger partial charge in [0.15, 0.2) is 0 Å². The maximum Gasteiger partial charge on any atom is 0.223 e. The van der Waals surface area contributed by atoms with Gasteiger partial charge in [-0.1, -0.05) is 13.8 Å². The molecule has 0 unspecified atom stereocenters. The second-order valence-electron chi connectivity index (χ2n) is 4.69. The summed E-state index contributed by atoms with van der Waals surface area (Å²) in [5.41, 5.74) is 1.11. The van der Waals surface area contributed by atoms with Crippen molar-refractivity contribution in [1.29, 1.82) is 0 Å². The Morgan fingerprint density at radius 2 is 2.22 bits per heavy atom. The van der Waals surface area contributed by atoms with Crippen LogP contribution in [-0.4, -0.2) is 28.9 Å². The third-order valence-corrected chi connectivity index (χ3v) is 4.14. The van der Waals surface area contributed by atoms with Crippen molar-refractivity contribution >= 4 is 17.2 Å². The Morgan fingerprint density at radius 1 is 1.50 bits per heavy atom. The first-order valence-corrected chi connectivity index (χ1v) is 7.54. The van der Waals surface area contributed by atoms with Crippen molar-refractivity contribution in [3.05, 3.63) is 16.1 Å². The first kappa shape index (κ1) is 13.5. The Kier molecular flexibility index (Phi) is 4.72. The topological polar surface area (TPSA) is 45.2 Å². The number of hydrogen-bond acceptors (Lipinski definition) is 4. The predicted molar refractivity (Wildman–Crippen MR) is 73.3 cm³/mol. The van der Waals surface area contributed by atoms with Gasteiger partial charge in [0.2, 0.25) is 5.91 Å². The van der Waals surface area contributed by atoms with Crippen LogP contribution in [0.1, 0.15) is 37.4 Å². The molecule has 0 saturated heterocycles. The van der Waals surface area contributed by atoms with E-state index >= 15 is 0 Å². The molecular weight excluding hydrogens is 246 g/mol. The van der Waals surface area contributed by atoms with Gasteiger partial charge in [-0.25, -0.2) is 4.98 Å². The summed E-state index contributed by atoms with van der Waals surface area (Å²) in [4.78, 5) is 18.4. The second-order valence-corrected chi connectivity index (χ2v) is 5.63. The van der Waals surface area contributed by atoms with Crippen molar-refractivity contribution in [3.8, 4) is 0 Å². The zero-order valence-corrected chi connectivity index (χ0v) is 11.9. The molecule has 1 aromatic rings. The van der Waals surface area contributed by atoms with Crippen molar-refractivity contribution in [2.75, 3.05) is 13.1 Å². The van der Waals surface area contributed by atoms with Crippen LogP contribution in [0.5, 0.6) is 0 Å². The van der Waals surface area contributed by atoms with Crippen LogP contribution in [0, 0.1) is 5.92 Å². The second kappa shape index (κ2) is 6.29. The highest BCUT2D eigenvalue weighted by molar-refractivity contribution is 7.09. The quantitative estimate of drug-likeness (QED) is 0.822. The van der Waals surface area contributed by atoms with E-state index in [1.165, 1.54) is 0 Å². The minimum absolute atomic E-state index is 0.190. The van der Waals surface area contributed by atoms with E-state index in [0.717, 1.165) is 43.2 Å². The van der Waals surface area contributed by atoms with Crippen molar-refractivity contribution < 1.29 is 4.79 Å². The van der Waals surface area contributed by atoms with Crippen LogP contribution in [-0.2, 0) is 17.9 Å². The van der Waals surface area contributed by atoms with Crippen molar-refractivity contribution in [3.63, 3.8) is 0 Å². The molecule has 5 heteroatoms.